The quantitative estimate of drug-likeness (QED) is 0.122. The molecule has 0 atom stereocenters. The second-order valence-electron chi connectivity index (χ2n) is 10.3. The van der Waals surface area contributed by atoms with E-state index in [0.29, 0.717) is 6.61 Å². The van der Waals surface area contributed by atoms with Gasteiger partial charge in [-0.15, -0.1) is 0 Å². The van der Waals surface area contributed by atoms with Crippen LogP contribution in [0.2, 0.25) is 0 Å². The summed E-state index contributed by atoms with van der Waals surface area (Å²) in [7, 11) is -6.77. The van der Waals surface area contributed by atoms with Gasteiger partial charge in [-0.2, -0.15) is 8.42 Å². The van der Waals surface area contributed by atoms with Gasteiger partial charge in [-0.05, 0) is 84.3 Å². The maximum atomic E-state index is 13.8. The van der Waals surface area contributed by atoms with Gasteiger partial charge in [-0.1, -0.05) is 106 Å². The summed E-state index contributed by atoms with van der Waals surface area (Å²) in [5, 5.41) is 0. The lowest BCUT2D eigenvalue weighted by atomic mass is 10.1. The van der Waals surface area contributed by atoms with Gasteiger partial charge in [-0.3, -0.25) is 0 Å². The molecule has 0 saturated heterocycles. The van der Waals surface area contributed by atoms with Gasteiger partial charge in [0.15, 0.2) is 0 Å². The number of unbranched alkanes of at least 4 members (excludes halogenated alkanes) is 7. The molecule has 218 valence electrons. The molecule has 0 aliphatic rings. The molecular weight excluding hydrogens is 549 g/mol. The molecule has 4 nitrogen and oxygen atoms in total. The fraction of sp³-hybridized carbons (Fsp3) is 0.314. The third-order valence-corrected chi connectivity index (χ3v) is 12.3. The van der Waals surface area contributed by atoms with Crippen molar-refractivity contribution in [3.8, 4) is 5.75 Å². The van der Waals surface area contributed by atoms with Crippen LogP contribution >= 0.6 is 10.3 Å². The Morgan fingerprint density at radius 2 is 1.00 bits per heavy atom. The average Bonchev–Trinajstić information content (AvgIpc) is 3.00. The molecule has 41 heavy (non-hydrogen) atoms. The minimum Gasteiger partial charge on any atom is -0.494 e. The summed E-state index contributed by atoms with van der Waals surface area (Å²) < 4.78 is 40.1. The molecular formula is C35H42O4S2. The van der Waals surface area contributed by atoms with Crippen molar-refractivity contribution in [3.05, 3.63) is 115 Å². The summed E-state index contributed by atoms with van der Waals surface area (Å²) in [4.78, 5) is 2.52. The smallest absolute Gasteiger partial charge is 0.307 e. The minimum atomic E-state index is -4.11. The number of hydrogen-bond donors (Lipinski definition) is 0. The van der Waals surface area contributed by atoms with Crippen molar-refractivity contribution in [2.45, 2.75) is 84.8 Å². The average molecular weight is 591 g/mol. The van der Waals surface area contributed by atoms with Crippen molar-refractivity contribution in [2.75, 3.05) is 6.61 Å². The Bertz CT molecular complexity index is 1380. The molecule has 0 amide bonds. The molecule has 4 aromatic carbocycles. The molecule has 0 aliphatic heterocycles. The lowest BCUT2D eigenvalue weighted by Crippen LogP contribution is -2.14. The van der Waals surface area contributed by atoms with Crippen molar-refractivity contribution in [2.24, 2.45) is 0 Å². The predicted octanol–water partition coefficient (Wildman–Crippen LogP) is 10.1. The molecule has 4 aromatic rings. The Kier molecular flexibility index (Phi) is 11.5. The third-order valence-electron chi connectivity index (χ3n) is 7.07. The van der Waals surface area contributed by atoms with Gasteiger partial charge in [0.25, 0.3) is 0 Å². The fourth-order valence-electron chi connectivity index (χ4n) is 4.78. The van der Waals surface area contributed by atoms with Crippen LogP contribution in [-0.4, -0.2) is 15.0 Å². The summed E-state index contributed by atoms with van der Waals surface area (Å²) in [6.07, 6.45) is 10.0. The van der Waals surface area contributed by atoms with Crippen molar-refractivity contribution in [1.29, 1.82) is 0 Å². The maximum absolute atomic E-state index is 13.8. The summed E-state index contributed by atoms with van der Waals surface area (Å²) >= 11 is 0. The highest BCUT2D eigenvalue weighted by molar-refractivity contribution is 8.33. The molecule has 6 heteroatoms. The van der Waals surface area contributed by atoms with Crippen LogP contribution in [-0.2, 0) is 13.7 Å². The first-order valence-electron chi connectivity index (χ1n) is 14.6. The second-order valence-corrected chi connectivity index (χ2v) is 14.8. The molecule has 0 bridgehead atoms. The Morgan fingerprint density at radius 1 is 0.537 bits per heavy atom. The topological polar surface area (TPSA) is 52.6 Å². The van der Waals surface area contributed by atoms with Crippen LogP contribution in [0.1, 0.15) is 63.9 Å². The van der Waals surface area contributed by atoms with Crippen LogP contribution in [0.4, 0.5) is 0 Å². The van der Waals surface area contributed by atoms with Crippen LogP contribution in [0.15, 0.2) is 129 Å². The summed E-state index contributed by atoms with van der Waals surface area (Å²) in [5.74, 6) is 0.771. The number of ether oxygens (including phenoxy) is 1. The second kappa shape index (κ2) is 15.2. The van der Waals surface area contributed by atoms with Gasteiger partial charge < -0.3 is 4.74 Å². The predicted molar refractivity (Wildman–Crippen MR) is 169 cm³/mol. The van der Waals surface area contributed by atoms with Gasteiger partial charge in [0, 0.05) is 14.7 Å². The third kappa shape index (κ3) is 8.25. The minimum absolute atomic E-state index is 0.136. The molecule has 0 aromatic heterocycles. The van der Waals surface area contributed by atoms with Gasteiger partial charge in [0.05, 0.1) is 11.5 Å². The Morgan fingerprint density at radius 3 is 1.54 bits per heavy atom. The zero-order chi connectivity index (χ0) is 29.0. The van der Waals surface area contributed by atoms with E-state index in [1.54, 1.807) is 24.3 Å². The zero-order valence-corrected chi connectivity index (χ0v) is 25.8. The SMILES string of the molecule is CCCCCCCCCCOc1ccc(S(OS(=O)(=O)c2ccc(C)cc2)(c2ccccc2)c2ccccc2)cc1. The molecule has 0 saturated carbocycles. The zero-order valence-electron chi connectivity index (χ0n) is 24.2. The monoisotopic (exact) mass is 590 g/mol. The van der Waals surface area contributed by atoms with Crippen LogP contribution < -0.4 is 4.74 Å². The van der Waals surface area contributed by atoms with Crippen molar-refractivity contribution in [1.82, 2.24) is 0 Å². The van der Waals surface area contributed by atoms with E-state index < -0.39 is 20.4 Å². The van der Waals surface area contributed by atoms with E-state index in [-0.39, 0.29) is 4.90 Å². The Balaban J connectivity index is 1.60. The van der Waals surface area contributed by atoms with E-state index in [0.717, 1.165) is 32.4 Å². The highest BCUT2D eigenvalue weighted by Gasteiger charge is 2.38. The standard InChI is InChI=1S/C35H42O4S2/c1-3-4-5-6-7-8-9-16-29-38-31-23-27-34(28-24-31)40(32-17-12-10-13-18-32,33-19-14-11-15-20-33)39-41(36,37)35-25-21-30(2)22-26-35/h10-15,17-28H,3-9,16,29H2,1-2H3. The normalized spacial score (nSPS) is 12.2. The van der Waals surface area contributed by atoms with Gasteiger partial charge in [0.2, 0.25) is 0 Å². The first-order valence-corrected chi connectivity index (χ1v) is 17.6. The fourth-order valence-corrected chi connectivity index (χ4v) is 10.0. The van der Waals surface area contributed by atoms with Crippen LogP contribution in [0.3, 0.4) is 0 Å². The summed E-state index contributed by atoms with van der Waals surface area (Å²) in [5.41, 5.74) is 0.983. The maximum Gasteiger partial charge on any atom is 0.307 e. The molecule has 0 aliphatic carbocycles. The summed E-state index contributed by atoms with van der Waals surface area (Å²) in [6, 6.07) is 33.8. The van der Waals surface area contributed by atoms with E-state index >= 15 is 0 Å². The lowest BCUT2D eigenvalue weighted by molar-refractivity contribution is 0.304. The van der Waals surface area contributed by atoms with Crippen molar-refractivity contribution < 1.29 is 16.8 Å². The molecule has 0 radical (unpaired) electrons. The number of hydrogen-bond acceptors (Lipinski definition) is 4. The van der Waals surface area contributed by atoms with Crippen LogP contribution in [0.25, 0.3) is 0 Å². The Labute approximate surface area is 248 Å². The molecule has 0 fully saturated rings. The number of rotatable bonds is 16. The first-order chi connectivity index (χ1) is 20.0. The first kappa shape index (κ1) is 30.9. The Hall–Kier alpha value is -3.06. The molecule has 0 N–H and O–H groups in total. The molecule has 0 unspecified atom stereocenters. The van der Waals surface area contributed by atoms with E-state index in [2.05, 4.69) is 6.92 Å². The molecule has 0 heterocycles. The number of benzene rings is 4. The van der Waals surface area contributed by atoms with E-state index in [9.17, 15) is 8.42 Å². The molecule has 0 spiro atoms. The van der Waals surface area contributed by atoms with Crippen molar-refractivity contribution in [3.63, 3.8) is 0 Å². The number of aryl methyl sites for hydroxylation is 1. The van der Waals surface area contributed by atoms with Crippen LogP contribution in [0.5, 0.6) is 5.75 Å². The van der Waals surface area contributed by atoms with E-state index in [1.165, 1.54) is 44.9 Å². The molecule has 4 rings (SSSR count). The summed E-state index contributed by atoms with van der Waals surface area (Å²) in [6.45, 7) is 4.84. The van der Waals surface area contributed by atoms with Crippen LogP contribution in [0, 0.1) is 6.92 Å². The van der Waals surface area contributed by atoms with Gasteiger partial charge >= 0.3 is 10.1 Å². The van der Waals surface area contributed by atoms with E-state index in [4.69, 9.17) is 8.37 Å². The van der Waals surface area contributed by atoms with Gasteiger partial charge in [-0.25, -0.2) is 3.63 Å². The van der Waals surface area contributed by atoms with Gasteiger partial charge in [0.1, 0.15) is 5.75 Å². The van der Waals surface area contributed by atoms with E-state index in [1.807, 2.05) is 91.9 Å². The van der Waals surface area contributed by atoms with Crippen molar-refractivity contribution >= 4 is 20.4 Å². The lowest BCUT2D eigenvalue weighted by Gasteiger charge is -2.39. The highest BCUT2D eigenvalue weighted by atomic mass is 32.3. The largest absolute Gasteiger partial charge is 0.494 e. The highest BCUT2D eigenvalue weighted by Crippen LogP contribution is 2.70.